The Hall–Kier alpha value is -3.22. The first kappa shape index (κ1) is 18.8. The fourth-order valence-corrected chi connectivity index (χ4v) is 3.91. The van der Waals surface area contributed by atoms with Crippen molar-refractivity contribution in [2.75, 3.05) is 0 Å². The zero-order valence-electron chi connectivity index (χ0n) is 16.0. The number of hydrogen-bond acceptors (Lipinski definition) is 3. The fraction of sp³-hybridized carbons (Fsp3) is 0.304. The SMILES string of the molecule is O=C(O)c1cn(C2CC2)c2c(F)c(C3CC3)c(F)c(OCc3ccccc3)c2c1=O. The van der Waals surface area contributed by atoms with Gasteiger partial charge < -0.3 is 14.4 Å². The quantitative estimate of drug-likeness (QED) is 0.635. The van der Waals surface area contributed by atoms with Gasteiger partial charge in [-0.3, -0.25) is 4.79 Å². The molecule has 30 heavy (non-hydrogen) atoms. The van der Waals surface area contributed by atoms with Crippen LogP contribution in [0.2, 0.25) is 0 Å². The maximum atomic E-state index is 15.5. The van der Waals surface area contributed by atoms with E-state index in [2.05, 4.69) is 0 Å². The molecule has 1 N–H and O–H groups in total. The third-order valence-electron chi connectivity index (χ3n) is 5.72. The molecule has 0 bridgehead atoms. The van der Waals surface area contributed by atoms with Crippen LogP contribution in [0.1, 0.15) is 59.1 Å². The van der Waals surface area contributed by atoms with E-state index in [1.807, 2.05) is 6.07 Å². The molecule has 5 nitrogen and oxygen atoms in total. The smallest absolute Gasteiger partial charge is 0.341 e. The number of fused-ring (bicyclic) bond motifs is 1. The van der Waals surface area contributed by atoms with Crippen molar-refractivity contribution in [3.63, 3.8) is 0 Å². The van der Waals surface area contributed by atoms with Crippen molar-refractivity contribution < 1.29 is 23.4 Å². The summed E-state index contributed by atoms with van der Waals surface area (Å²) in [4.78, 5) is 24.7. The molecule has 2 aliphatic rings. The summed E-state index contributed by atoms with van der Waals surface area (Å²) in [5.74, 6) is -3.73. The van der Waals surface area contributed by atoms with Gasteiger partial charge in [-0.2, -0.15) is 0 Å². The minimum absolute atomic E-state index is 0.0250. The van der Waals surface area contributed by atoms with Crippen molar-refractivity contribution in [1.29, 1.82) is 0 Å². The average molecular weight is 411 g/mol. The normalized spacial score (nSPS) is 16.1. The molecule has 7 heteroatoms. The van der Waals surface area contributed by atoms with E-state index in [-0.39, 0.29) is 40.8 Å². The number of hydrogen-bond donors (Lipinski definition) is 1. The van der Waals surface area contributed by atoms with Gasteiger partial charge in [0.15, 0.2) is 17.4 Å². The molecule has 2 aromatic carbocycles. The molecule has 0 aliphatic heterocycles. The van der Waals surface area contributed by atoms with E-state index in [0.29, 0.717) is 12.8 Å². The molecule has 0 radical (unpaired) electrons. The van der Waals surface area contributed by atoms with Gasteiger partial charge in [0.2, 0.25) is 5.43 Å². The van der Waals surface area contributed by atoms with E-state index >= 15 is 8.78 Å². The van der Waals surface area contributed by atoms with Crippen LogP contribution in [-0.2, 0) is 6.61 Å². The van der Waals surface area contributed by atoms with Crippen LogP contribution in [0, 0.1) is 11.6 Å². The summed E-state index contributed by atoms with van der Waals surface area (Å²) in [5.41, 5.74) is -0.824. The highest BCUT2D eigenvalue weighted by Crippen LogP contribution is 2.48. The highest BCUT2D eigenvalue weighted by atomic mass is 19.1. The molecule has 0 saturated heterocycles. The molecule has 5 rings (SSSR count). The summed E-state index contributed by atoms with van der Waals surface area (Å²) < 4.78 is 38.2. The molecule has 3 aromatic rings. The molecule has 0 amide bonds. The number of aromatic carboxylic acids is 1. The third kappa shape index (κ3) is 3.05. The van der Waals surface area contributed by atoms with Crippen LogP contribution in [0.25, 0.3) is 10.9 Å². The van der Waals surface area contributed by atoms with Crippen molar-refractivity contribution in [2.24, 2.45) is 0 Å². The average Bonchev–Trinajstić information content (AvgIpc) is 3.62. The number of aromatic nitrogens is 1. The zero-order chi connectivity index (χ0) is 21.0. The van der Waals surface area contributed by atoms with E-state index in [1.165, 1.54) is 10.8 Å². The Morgan fingerprint density at radius 1 is 1.10 bits per heavy atom. The second-order valence-corrected chi connectivity index (χ2v) is 7.96. The Labute approximate surface area is 170 Å². The molecule has 2 fully saturated rings. The Bertz CT molecular complexity index is 1230. The minimum atomic E-state index is -1.43. The Morgan fingerprint density at radius 3 is 2.40 bits per heavy atom. The number of nitrogens with zero attached hydrogens (tertiary/aromatic N) is 1. The standard InChI is InChI=1S/C23H19F2NO4/c24-18-16(13-6-7-13)19(25)22(30-11-12-4-2-1-3-5-12)17-20(18)26(14-8-9-14)10-15(21(17)27)23(28)29/h1-5,10,13-14H,6-9,11H2,(H,28,29). The first-order chi connectivity index (χ1) is 14.5. The maximum Gasteiger partial charge on any atom is 0.341 e. The van der Waals surface area contributed by atoms with Gasteiger partial charge >= 0.3 is 5.97 Å². The molecule has 0 spiro atoms. The van der Waals surface area contributed by atoms with E-state index in [4.69, 9.17) is 4.74 Å². The number of carboxylic acid groups (broad SMARTS) is 1. The lowest BCUT2D eigenvalue weighted by atomic mass is 10.0. The monoisotopic (exact) mass is 411 g/mol. The number of benzene rings is 2. The highest BCUT2D eigenvalue weighted by molar-refractivity contribution is 5.95. The van der Waals surface area contributed by atoms with Crippen LogP contribution in [0.5, 0.6) is 5.75 Å². The van der Waals surface area contributed by atoms with Crippen LogP contribution in [0.3, 0.4) is 0 Å². The number of pyridine rings is 1. The molecular formula is C23H19F2NO4. The van der Waals surface area contributed by atoms with Crippen molar-refractivity contribution in [3.05, 3.63) is 75.1 Å². The third-order valence-corrected chi connectivity index (χ3v) is 5.72. The minimum Gasteiger partial charge on any atom is -0.485 e. The first-order valence-electron chi connectivity index (χ1n) is 9.97. The molecule has 154 valence electrons. The van der Waals surface area contributed by atoms with Crippen molar-refractivity contribution in [2.45, 2.75) is 44.2 Å². The number of halogens is 2. The number of ether oxygens (including phenoxy) is 1. The second kappa shape index (κ2) is 6.93. The van der Waals surface area contributed by atoms with Crippen molar-refractivity contribution in [1.82, 2.24) is 4.57 Å². The Balaban J connectivity index is 1.79. The number of carbonyl (C=O) groups is 1. The van der Waals surface area contributed by atoms with Gasteiger partial charge in [0.25, 0.3) is 0 Å². The summed E-state index contributed by atoms with van der Waals surface area (Å²) in [6, 6.07) is 8.90. The first-order valence-corrected chi connectivity index (χ1v) is 9.97. The van der Waals surface area contributed by atoms with Gasteiger partial charge in [-0.15, -0.1) is 0 Å². The molecule has 1 aromatic heterocycles. The van der Waals surface area contributed by atoms with E-state index < -0.39 is 28.6 Å². The Kier molecular flexibility index (Phi) is 4.34. The lowest BCUT2D eigenvalue weighted by Crippen LogP contribution is -2.21. The molecule has 2 saturated carbocycles. The van der Waals surface area contributed by atoms with Gasteiger partial charge in [0.1, 0.15) is 12.2 Å². The molecule has 2 aliphatic carbocycles. The summed E-state index contributed by atoms with van der Waals surface area (Å²) in [6.07, 6.45) is 4.00. The topological polar surface area (TPSA) is 68.5 Å². The fourth-order valence-electron chi connectivity index (χ4n) is 3.91. The van der Waals surface area contributed by atoms with Gasteiger partial charge in [-0.05, 0) is 37.2 Å². The van der Waals surface area contributed by atoms with Gasteiger partial charge in [0, 0.05) is 17.8 Å². The zero-order valence-corrected chi connectivity index (χ0v) is 16.0. The summed E-state index contributed by atoms with van der Waals surface area (Å²) in [7, 11) is 0. The molecule has 0 atom stereocenters. The van der Waals surface area contributed by atoms with Crippen LogP contribution < -0.4 is 10.2 Å². The predicted molar refractivity (Wildman–Crippen MR) is 106 cm³/mol. The molecule has 1 heterocycles. The number of carboxylic acids is 1. The summed E-state index contributed by atoms with van der Waals surface area (Å²) in [6.45, 7) is -0.0250. The van der Waals surface area contributed by atoms with E-state index in [0.717, 1.165) is 18.4 Å². The van der Waals surface area contributed by atoms with Crippen molar-refractivity contribution >= 4 is 16.9 Å². The second-order valence-electron chi connectivity index (χ2n) is 7.96. The van der Waals surface area contributed by atoms with E-state index in [9.17, 15) is 14.7 Å². The van der Waals surface area contributed by atoms with Crippen LogP contribution >= 0.6 is 0 Å². The predicted octanol–water partition coefficient (Wildman–Crippen LogP) is 4.77. The lowest BCUT2D eigenvalue weighted by Gasteiger charge is -2.19. The largest absolute Gasteiger partial charge is 0.485 e. The molecule has 0 unspecified atom stereocenters. The van der Waals surface area contributed by atoms with Gasteiger partial charge in [-0.25, -0.2) is 13.6 Å². The highest BCUT2D eigenvalue weighted by Gasteiger charge is 2.37. The maximum absolute atomic E-state index is 15.5. The number of rotatable bonds is 6. The van der Waals surface area contributed by atoms with Crippen LogP contribution in [0.4, 0.5) is 8.78 Å². The lowest BCUT2D eigenvalue weighted by molar-refractivity contribution is 0.0694. The van der Waals surface area contributed by atoms with Crippen LogP contribution in [0.15, 0.2) is 41.3 Å². The summed E-state index contributed by atoms with van der Waals surface area (Å²) >= 11 is 0. The molecular weight excluding hydrogens is 392 g/mol. The van der Waals surface area contributed by atoms with Gasteiger partial charge in [0.05, 0.1) is 10.9 Å². The van der Waals surface area contributed by atoms with Gasteiger partial charge in [-0.1, -0.05) is 30.3 Å². The van der Waals surface area contributed by atoms with E-state index in [1.54, 1.807) is 24.3 Å². The Morgan fingerprint density at radius 2 is 1.80 bits per heavy atom. The van der Waals surface area contributed by atoms with Crippen LogP contribution in [-0.4, -0.2) is 15.6 Å². The summed E-state index contributed by atoms with van der Waals surface area (Å²) in [5, 5.41) is 9.16. The van der Waals surface area contributed by atoms with Crippen molar-refractivity contribution in [3.8, 4) is 5.75 Å².